The lowest BCUT2D eigenvalue weighted by atomic mass is 10.7. The summed E-state index contributed by atoms with van der Waals surface area (Å²) in [6.45, 7) is 2.59. The van der Waals surface area contributed by atoms with Crippen LogP contribution in [0.4, 0.5) is 0 Å². The average molecular weight is 166 g/mol. The Morgan fingerprint density at radius 2 is 2.00 bits per heavy atom. The summed E-state index contributed by atoms with van der Waals surface area (Å²) in [6, 6.07) is 0. The van der Waals surface area contributed by atoms with Gasteiger partial charge in [0.05, 0.1) is 26.4 Å². The number of rotatable bonds is 7. The Morgan fingerprint density at radius 3 is 2.55 bits per heavy atom. The largest absolute Gasteiger partial charge is 0.394 e. The lowest BCUT2D eigenvalue weighted by molar-refractivity contribution is -0.340. The van der Waals surface area contributed by atoms with Crippen LogP contribution < -0.4 is 0 Å². The molecule has 0 saturated heterocycles. The Balaban J connectivity index is 2.89. The molecule has 2 N–H and O–H groups in total. The van der Waals surface area contributed by atoms with E-state index in [0.29, 0.717) is 19.8 Å². The van der Waals surface area contributed by atoms with Crippen LogP contribution in [-0.2, 0) is 14.4 Å². The van der Waals surface area contributed by atoms with E-state index in [9.17, 15) is 0 Å². The molecule has 0 aromatic carbocycles. The van der Waals surface area contributed by atoms with Gasteiger partial charge >= 0.3 is 0 Å². The molecule has 0 rings (SSSR count). The van der Waals surface area contributed by atoms with Gasteiger partial charge in [-0.05, 0) is 6.92 Å². The molecule has 0 aliphatic carbocycles. The summed E-state index contributed by atoms with van der Waals surface area (Å²) in [5.41, 5.74) is 0. The fourth-order valence-electron chi connectivity index (χ4n) is 0.470. The minimum Gasteiger partial charge on any atom is -0.394 e. The lowest BCUT2D eigenvalue weighted by Crippen LogP contribution is -2.15. The van der Waals surface area contributed by atoms with Gasteiger partial charge in [0, 0.05) is 0 Å². The van der Waals surface area contributed by atoms with Crippen LogP contribution in [-0.4, -0.2) is 43.1 Å². The lowest BCUT2D eigenvalue weighted by Gasteiger charge is -2.08. The maximum absolute atomic E-state index is 8.29. The van der Waals surface area contributed by atoms with Crippen molar-refractivity contribution in [1.82, 2.24) is 0 Å². The third kappa shape index (κ3) is 7.70. The molecule has 1 unspecified atom stereocenters. The summed E-state index contributed by atoms with van der Waals surface area (Å²) in [5, 5.41) is 16.3. The quantitative estimate of drug-likeness (QED) is 0.238. The van der Waals surface area contributed by atoms with Crippen molar-refractivity contribution < 1.29 is 24.7 Å². The molecule has 68 valence electrons. The Bertz CT molecular complexity index is 77.4. The topological polar surface area (TPSA) is 68.2 Å². The number of ether oxygens (including phenoxy) is 2. The Morgan fingerprint density at radius 1 is 1.27 bits per heavy atom. The molecule has 0 amide bonds. The van der Waals surface area contributed by atoms with Crippen molar-refractivity contribution in [2.24, 2.45) is 0 Å². The summed E-state index contributed by atoms with van der Waals surface area (Å²) < 4.78 is 9.72. The third-order valence-corrected chi connectivity index (χ3v) is 0.964. The van der Waals surface area contributed by atoms with Crippen molar-refractivity contribution in [3.63, 3.8) is 0 Å². The van der Waals surface area contributed by atoms with Gasteiger partial charge in [0.1, 0.15) is 0 Å². The molecule has 0 saturated carbocycles. The molecule has 0 spiro atoms. The van der Waals surface area contributed by atoms with Crippen LogP contribution in [0.5, 0.6) is 0 Å². The van der Waals surface area contributed by atoms with Gasteiger partial charge in [-0.25, -0.2) is 10.1 Å². The van der Waals surface area contributed by atoms with Crippen LogP contribution in [0.25, 0.3) is 0 Å². The highest BCUT2D eigenvalue weighted by Gasteiger charge is 1.98. The van der Waals surface area contributed by atoms with Crippen LogP contribution in [0.2, 0.25) is 0 Å². The highest BCUT2D eigenvalue weighted by molar-refractivity contribution is 4.31. The van der Waals surface area contributed by atoms with Crippen molar-refractivity contribution in [2.45, 2.75) is 13.2 Å². The molecule has 0 aromatic rings. The van der Waals surface area contributed by atoms with E-state index < -0.39 is 6.29 Å². The molecule has 0 bridgehead atoms. The molecule has 0 aromatic heterocycles. The molecule has 1 atom stereocenters. The Labute approximate surface area is 65.4 Å². The van der Waals surface area contributed by atoms with Crippen molar-refractivity contribution in [3.8, 4) is 0 Å². The van der Waals surface area contributed by atoms with E-state index in [4.69, 9.17) is 19.8 Å². The fraction of sp³-hybridized carbons (Fsp3) is 1.00. The predicted octanol–water partition coefficient (Wildman–Crippen LogP) is -0.152. The molecule has 5 heteroatoms. The Hall–Kier alpha value is -0.200. The number of aliphatic hydroxyl groups excluding tert-OH is 1. The SMILES string of the molecule is CC(OO)OCCOCCO. The number of aliphatic hydroxyl groups is 1. The third-order valence-electron chi connectivity index (χ3n) is 0.964. The van der Waals surface area contributed by atoms with Crippen molar-refractivity contribution in [3.05, 3.63) is 0 Å². The molecule has 0 aliphatic rings. The van der Waals surface area contributed by atoms with Gasteiger partial charge in [-0.15, -0.1) is 0 Å². The van der Waals surface area contributed by atoms with Crippen molar-refractivity contribution in [2.75, 3.05) is 26.4 Å². The first-order valence-electron chi connectivity index (χ1n) is 3.41. The number of hydrogen-bond donors (Lipinski definition) is 2. The maximum Gasteiger partial charge on any atom is 0.188 e. The average Bonchev–Trinajstić information content (AvgIpc) is 2.04. The van der Waals surface area contributed by atoms with Gasteiger partial charge in [0.25, 0.3) is 0 Å². The predicted molar refractivity (Wildman–Crippen MR) is 37.0 cm³/mol. The highest BCUT2D eigenvalue weighted by Crippen LogP contribution is 1.89. The van der Waals surface area contributed by atoms with Crippen LogP contribution in [0.15, 0.2) is 0 Å². The van der Waals surface area contributed by atoms with Gasteiger partial charge in [0.15, 0.2) is 6.29 Å². The van der Waals surface area contributed by atoms with Gasteiger partial charge in [-0.1, -0.05) is 0 Å². The van der Waals surface area contributed by atoms with Gasteiger partial charge in [-0.3, -0.25) is 0 Å². The first-order valence-corrected chi connectivity index (χ1v) is 3.41. The van der Waals surface area contributed by atoms with Crippen LogP contribution in [0.1, 0.15) is 6.92 Å². The summed E-state index contributed by atoms with van der Waals surface area (Å²) >= 11 is 0. The molecule has 0 heterocycles. The zero-order chi connectivity index (χ0) is 8.53. The second-order valence-corrected chi connectivity index (χ2v) is 1.88. The minimum atomic E-state index is -0.632. The van der Waals surface area contributed by atoms with E-state index in [-0.39, 0.29) is 6.61 Å². The molecule has 11 heavy (non-hydrogen) atoms. The fourth-order valence-corrected chi connectivity index (χ4v) is 0.470. The normalized spacial score (nSPS) is 13.4. The molecular formula is C6H14O5. The first kappa shape index (κ1) is 10.8. The van der Waals surface area contributed by atoms with Crippen molar-refractivity contribution >= 4 is 0 Å². The highest BCUT2D eigenvalue weighted by atomic mass is 17.1. The van der Waals surface area contributed by atoms with Crippen LogP contribution in [0, 0.1) is 0 Å². The summed E-state index contributed by atoms with van der Waals surface area (Å²) in [5.74, 6) is 0. The van der Waals surface area contributed by atoms with E-state index in [1.807, 2.05) is 0 Å². The first-order chi connectivity index (χ1) is 5.31. The van der Waals surface area contributed by atoms with Crippen molar-refractivity contribution in [1.29, 1.82) is 0 Å². The molecule has 0 aliphatic heterocycles. The molecule has 0 fully saturated rings. The standard InChI is InChI=1S/C6H14O5/c1-6(11-8)10-5-4-9-3-2-7/h6-8H,2-5H2,1H3. The second kappa shape index (κ2) is 7.90. The van der Waals surface area contributed by atoms with Gasteiger partial charge in [-0.2, -0.15) is 0 Å². The Kier molecular flexibility index (Phi) is 7.76. The van der Waals surface area contributed by atoms with E-state index >= 15 is 0 Å². The zero-order valence-electron chi connectivity index (χ0n) is 6.52. The van der Waals surface area contributed by atoms with E-state index in [1.54, 1.807) is 6.92 Å². The van der Waals surface area contributed by atoms with E-state index in [2.05, 4.69) is 4.89 Å². The maximum atomic E-state index is 8.29. The molecule has 0 radical (unpaired) electrons. The smallest absolute Gasteiger partial charge is 0.188 e. The minimum absolute atomic E-state index is 0.00601. The summed E-state index contributed by atoms with van der Waals surface area (Å²) in [6.07, 6.45) is -0.632. The molecular weight excluding hydrogens is 152 g/mol. The van der Waals surface area contributed by atoms with Gasteiger partial charge < -0.3 is 14.6 Å². The van der Waals surface area contributed by atoms with Gasteiger partial charge in [0.2, 0.25) is 0 Å². The number of hydrogen-bond acceptors (Lipinski definition) is 5. The van der Waals surface area contributed by atoms with E-state index in [1.165, 1.54) is 0 Å². The summed E-state index contributed by atoms with van der Waals surface area (Å²) in [7, 11) is 0. The monoisotopic (exact) mass is 166 g/mol. The van der Waals surface area contributed by atoms with Crippen LogP contribution in [0.3, 0.4) is 0 Å². The molecule has 5 nitrogen and oxygen atoms in total. The summed E-state index contributed by atoms with van der Waals surface area (Å²) in [4.78, 5) is 3.83. The van der Waals surface area contributed by atoms with Crippen LogP contribution >= 0.6 is 0 Å². The second-order valence-electron chi connectivity index (χ2n) is 1.88. The van der Waals surface area contributed by atoms with E-state index in [0.717, 1.165) is 0 Å². The zero-order valence-corrected chi connectivity index (χ0v) is 6.52.